The van der Waals surface area contributed by atoms with E-state index in [1.165, 1.54) is 18.5 Å². The minimum atomic E-state index is -3.67. The number of hydrogen-bond donors (Lipinski definition) is 1. The molecule has 0 fully saturated rings. The zero-order valence-electron chi connectivity index (χ0n) is 15.3. The predicted octanol–water partition coefficient (Wildman–Crippen LogP) is 3.69. The molecule has 2 aromatic carbocycles. The Balaban J connectivity index is 1.81. The van der Waals surface area contributed by atoms with Gasteiger partial charge in [0.2, 0.25) is 10.0 Å². The Hall–Kier alpha value is -2.64. The molecular formula is C20H20FN3O2S. The zero-order valence-corrected chi connectivity index (χ0v) is 16.1. The Morgan fingerprint density at radius 2 is 1.59 bits per heavy atom. The average molecular weight is 385 g/mol. The van der Waals surface area contributed by atoms with Crippen LogP contribution in [0.5, 0.6) is 0 Å². The molecule has 140 valence electrons. The van der Waals surface area contributed by atoms with Gasteiger partial charge in [0, 0.05) is 5.56 Å². The van der Waals surface area contributed by atoms with Gasteiger partial charge in [-0.2, -0.15) is 0 Å². The van der Waals surface area contributed by atoms with Gasteiger partial charge in [0.25, 0.3) is 0 Å². The first kappa shape index (κ1) is 19.1. The highest BCUT2D eigenvalue weighted by Crippen LogP contribution is 2.21. The molecule has 1 heterocycles. The fourth-order valence-corrected chi connectivity index (χ4v) is 4.05. The first-order valence-corrected chi connectivity index (χ1v) is 9.89. The summed E-state index contributed by atoms with van der Waals surface area (Å²) in [6, 6.07) is 11.2. The molecule has 0 saturated heterocycles. The third-order valence-electron chi connectivity index (χ3n) is 4.39. The van der Waals surface area contributed by atoms with E-state index in [2.05, 4.69) is 14.7 Å². The number of benzene rings is 2. The second-order valence-corrected chi connectivity index (χ2v) is 8.16. The van der Waals surface area contributed by atoms with Crippen LogP contribution in [0.15, 0.2) is 53.7 Å². The van der Waals surface area contributed by atoms with Crippen LogP contribution in [0.2, 0.25) is 0 Å². The molecule has 0 aliphatic heterocycles. The molecule has 0 saturated carbocycles. The maximum atomic E-state index is 13.1. The van der Waals surface area contributed by atoms with Gasteiger partial charge in [-0.3, -0.25) is 0 Å². The van der Waals surface area contributed by atoms with Crippen molar-refractivity contribution in [3.63, 3.8) is 0 Å². The molecule has 0 radical (unpaired) electrons. The van der Waals surface area contributed by atoms with E-state index in [-0.39, 0.29) is 17.3 Å². The molecular weight excluding hydrogens is 365 g/mol. The molecule has 0 aliphatic rings. The summed E-state index contributed by atoms with van der Waals surface area (Å²) in [5, 5.41) is 0. The normalized spacial score (nSPS) is 11.6. The van der Waals surface area contributed by atoms with Gasteiger partial charge in [0.05, 0.1) is 22.8 Å². The van der Waals surface area contributed by atoms with Crippen LogP contribution in [0.4, 0.5) is 4.39 Å². The van der Waals surface area contributed by atoms with Crippen LogP contribution in [0.1, 0.15) is 22.4 Å². The van der Waals surface area contributed by atoms with Crippen molar-refractivity contribution in [2.45, 2.75) is 32.2 Å². The highest BCUT2D eigenvalue weighted by Gasteiger charge is 2.18. The third-order valence-corrected chi connectivity index (χ3v) is 5.93. The van der Waals surface area contributed by atoms with E-state index in [4.69, 9.17) is 0 Å². The SMILES string of the molecule is Cc1cc(C)c(S(=O)(=O)NCc2cc(-c3ccc(F)cc3)ncn2)cc1C. The molecule has 0 bridgehead atoms. The van der Waals surface area contributed by atoms with Gasteiger partial charge in [0.15, 0.2) is 0 Å². The lowest BCUT2D eigenvalue weighted by molar-refractivity contribution is 0.579. The van der Waals surface area contributed by atoms with Crippen LogP contribution in [-0.2, 0) is 16.6 Å². The predicted molar refractivity (Wildman–Crippen MR) is 102 cm³/mol. The van der Waals surface area contributed by atoms with Crippen molar-refractivity contribution in [2.24, 2.45) is 0 Å². The molecule has 0 spiro atoms. The van der Waals surface area contributed by atoms with Crippen molar-refractivity contribution >= 4 is 10.0 Å². The zero-order chi connectivity index (χ0) is 19.6. The Morgan fingerprint density at radius 3 is 2.30 bits per heavy atom. The first-order chi connectivity index (χ1) is 12.8. The maximum Gasteiger partial charge on any atom is 0.241 e. The van der Waals surface area contributed by atoms with Gasteiger partial charge in [-0.15, -0.1) is 0 Å². The van der Waals surface area contributed by atoms with Gasteiger partial charge in [-0.05, 0) is 73.9 Å². The lowest BCUT2D eigenvalue weighted by atomic mass is 10.1. The lowest BCUT2D eigenvalue weighted by Gasteiger charge is -2.12. The first-order valence-electron chi connectivity index (χ1n) is 8.40. The van der Waals surface area contributed by atoms with E-state index >= 15 is 0 Å². The number of hydrogen-bond acceptors (Lipinski definition) is 4. The Morgan fingerprint density at radius 1 is 0.926 bits per heavy atom. The van der Waals surface area contributed by atoms with Gasteiger partial charge < -0.3 is 0 Å². The molecule has 3 rings (SSSR count). The maximum absolute atomic E-state index is 13.1. The van der Waals surface area contributed by atoms with Crippen LogP contribution >= 0.6 is 0 Å². The summed E-state index contributed by atoms with van der Waals surface area (Å²) in [7, 11) is -3.67. The summed E-state index contributed by atoms with van der Waals surface area (Å²) in [4.78, 5) is 8.55. The number of aryl methyl sites for hydroxylation is 3. The second kappa shape index (κ2) is 7.54. The summed E-state index contributed by atoms with van der Waals surface area (Å²) >= 11 is 0. The molecule has 5 nitrogen and oxygen atoms in total. The minimum Gasteiger partial charge on any atom is -0.240 e. The summed E-state index contributed by atoms with van der Waals surface area (Å²) in [5.41, 5.74) is 4.51. The highest BCUT2D eigenvalue weighted by atomic mass is 32.2. The Kier molecular flexibility index (Phi) is 5.34. The molecule has 1 aromatic heterocycles. The van der Waals surface area contributed by atoms with Gasteiger partial charge in [0.1, 0.15) is 12.1 Å². The molecule has 3 aromatic rings. The van der Waals surface area contributed by atoms with Gasteiger partial charge in [-0.25, -0.2) is 27.5 Å². The molecule has 1 N–H and O–H groups in total. The smallest absolute Gasteiger partial charge is 0.240 e. The summed E-state index contributed by atoms with van der Waals surface area (Å²) in [6.45, 7) is 5.64. The molecule has 0 aliphatic carbocycles. The van der Waals surface area contributed by atoms with E-state index < -0.39 is 10.0 Å². The van der Waals surface area contributed by atoms with Crippen molar-refractivity contribution < 1.29 is 12.8 Å². The average Bonchev–Trinajstić information content (AvgIpc) is 2.64. The topological polar surface area (TPSA) is 72.0 Å². The number of rotatable bonds is 5. The number of aromatic nitrogens is 2. The second-order valence-electron chi connectivity index (χ2n) is 6.43. The van der Waals surface area contributed by atoms with Gasteiger partial charge in [-0.1, -0.05) is 6.07 Å². The highest BCUT2D eigenvalue weighted by molar-refractivity contribution is 7.89. The van der Waals surface area contributed by atoms with E-state index in [0.29, 0.717) is 17.0 Å². The molecule has 27 heavy (non-hydrogen) atoms. The van der Waals surface area contributed by atoms with Crippen LogP contribution in [-0.4, -0.2) is 18.4 Å². The number of sulfonamides is 1. The van der Waals surface area contributed by atoms with E-state index in [1.54, 1.807) is 31.2 Å². The van der Waals surface area contributed by atoms with Crippen LogP contribution in [0.3, 0.4) is 0 Å². The van der Waals surface area contributed by atoms with Gasteiger partial charge >= 0.3 is 0 Å². The lowest BCUT2D eigenvalue weighted by Crippen LogP contribution is -2.24. The molecule has 0 unspecified atom stereocenters. The van der Waals surface area contributed by atoms with E-state index in [0.717, 1.165) is 16.7 Å². The molecule has 0 atom stereocenters. The van der Waals surface area contributed by atoms with Crippen molar-refractivity contribution in [1.29, 1.82) is 0 Å². The minimum absolute atomic E-state index is 0.0331. The molecule has 0 amide bonds. The number of nitrogens with one attached hydrogen (secondary N) is 1. The van der Waals surface area contributed by atoms with E-state index in [9.17, 15) is 12.8 Å². The van der Waals surface area contributed by atoms with Crippen LogP contribution in [0, 0.1) is 26.6 Å². The van der Waals surface area contributed by atoms with Crippen molar-refractivity contribution in [2.75, 3.05) is 0 Å². The molecule has 7 heteroatoms. The van der Waals surface area contributed by atoms with Crippen molar-refractivity contribution in [3.8, 4) is 11.3 Å². The number of nitrogens with zero attached hydrogens (tertiary/aromatic N) is 2. The van der Waals surface area contributed by atoms with Crippen molar-refractivity contribution in [1.82, 2.24) is 14.7 Å². The van der Waals surface area contributed by atoms with Crippen LogP contribution < -0.4 is 4.72 Å². The van der Waals surface area contributed by atoms with E-state index in [1.807, 2.05) is 19.9 Å². The Bertz CT molecular complexity index is 1080. The quantitative estimate of drug-likeness (QED) is 0.727. The standard InChI is InChI=1S/C20H20FN3O2S/c1-13-8-15(3)20(9-14(13)2)27(25,26)24-11-18-10-19(23-12-22-18)16-4-6-17(21)7-5-16/h4-10,12,24H,11H2,1-3H3. The Labute approximate surface area is 158 Å². The fourth-order valence-electron chi connectivity index (χ4n) is 2.74. The third kappa shape index (κ3) is 4.37. The summed E-state index contributed by atoms with van der Waals surface area (Å²) in [6.07, 6.45) is 1.36. The summed E-state index contributed by atoms with van der Waals surface area (Å²) < 4.78 is 41.0. The van der Waals surface area contributed by atoms with Crippen molar-refractivity contribution in [3.05, 3.63) is 77.0 Å². The monoisotopic (exact) mass is 385 g/mol. The number of halogens is 1. The summed E-state index contributed by atoms with van der Waals surface area (Å²) in [5.74, 6) is -0.329. The fraction of sp³-hybridized carbons (Fsp3) is 0.200. The van der Waals surface area contributed by atoms with Crippen LogP contribution in [0.25, 0.3) is 11.3 Å². The largest absolute Gasteiger partial charge is 0.241 e.